The lowest BCUT2D eigenvalue weighted by atomic mass is 10.1. The maximum atomic E-state index is 12.7. The van der Waals surface area contributed by atoms with Gasteiger partial charge < -0.3 is 5.32 Å². The van der Waals surface area contributed by atoms with Crippen molar-refractivity contribution in [2.75, 3.05) is 5.32 Å². The summed E-state index contributed by atoms with van der Waals surface area (Å²) < 4.78 is 3.16. The Labute approximate surface area is 137 Å². The van der Waals surface area contributed by atoms with E-state index in [1.165, 1.54) is 4.68 Å². The molecule has 0 unspecified atom stereocenters. The van der Waals surface area contributed by atoms with E-state index in [0.29, 0.717) is 11.4 Å². The molecule has 1 aromatic heterocycles. The third-order valence-corrected chi connectivity index (χ3v) is 3.96. The third-order valence-electron chi connectivity index (χ3n) is 3.96. The van der Waals surface area contributed by atoms with Gasteiger partial charge in [0.05, 0.1) is 11.4 Å². The molecule has 1 aliphatic heterocycles. The number of hydrazone groups is 1. The van der Waals surface area contributed by atoms with Crippen LogP contribution in [0.25, 0.3) is 5.69 Å². The van der Waals surface area contributed by atoms with E-state index in [0.717, 1.165) is 0 Å². The molecule has 124 valence electrons. The molecule has 0 atom stereocenters. The number of hydrogen-bond acceptors (Lipinski definition) is 4. The molecule has 0 spiro atoms. The Morgan fingerprint density at radius 1 is 1.21 bits per heavy atom. The molecular weight excluding hydrogens is 310 g/mol. The molecule has 2 amide bonds. The number of aromatic nitrogens is 2. The zero-order valence-corrected chi connectivity index (χ0v) is 13.4. The van der Waals surface area contributed by atoms with Gasteiger partial charge in [0.2, 0.25) is 5.91 Å². The summed E-state index contributed by atoms with van der Waals surface area (Å²) in [7, 11) is 1.75. The summed E-state index contributed by atoms with van der Waals surface area (Å²) in [6.45, 7) is 1.75. The van der Waals surface area contributed by atoms with E-state index < -0.39 is 5.91 Å². The Bertz CT molecular complexity index is 892. The molecular formula is C16H17N5O3. The van der Waals surface area contributed by atoms with E-state index in [1.807, 2.05) is 30.3 Å². The highest BCUT2D eigenvalue weighted by atomic mass is 16.2. The Morgan fingerprint density at radius 3 is 2.54 bits per heavy atom. The molecule has 24 heavy (non-hydrogen) atoms. The van der Waals surface area contributed by atoms with E-state index in [1.54, 1.807) is 18.7 Å². The normalized spacial score (nSPS) is 14.1. The largest absolute Gasteiger partial charge is 0.315 e. The molecule has 0 radical (unpaired) electrons. The topological polar surface area (TPSA) is 97.5 Å². The summed E-state index contributed by atoms with van der Waals surface area (Å²) in [6.07, 6.45) is 0.449. The molecule has 3 rings (SSSR count). The minimum atomic E-state index is -0.485. The van der Waals surface area contributed by atoms with Crippen molar-refractivity contribution in [3.63, 3.8) is 0 Å². The lowest BCUT2D eigenvalue weighted by Crippen LogP contribution is -2.34. The number of anilines is 1. The van der Waals surface area contributed by atoms with Gasteiger partial charge in [0, 0.05) is 19.9 Å². The van der Waals surface area contributed by atoms with Crippen LogP contribution in [0, 0.1) is 6.92 Å². The van der Waals surface area contributed by atoms with Gasteiger partial charge in [-0.05, 0) is 19.1 Å². The van der Waals surface area contributed by atoms with Crippen LogP contribution in [0.15, 0.2) is 40.2 Å². The summed E-state index contributed by atoms with van der Waals surface area (Å²) in [4.78, 5) is 36.1. The van der Waals surface area contributed by atoms with Gasteiger partial charge in [0.15, 0.2) is 0 Å². The van der Waals surface area contributed by atoms with Crippen molar-refractivity contribution in [1.82, 2.24) is 14.8 Å². The minimum absolute atomic E-state index is 0.198. The molecule has 0 bridgehead atoms. The van der Waals surface area contributed by atoms with Gasteiger partial charge in [-0.15, -0.1) is 0 Å². The molecule has 0 fully saturated rings. The van der Waals surface area contributed by atoms with Gasteiger partial charge >= 0.3 is 0 Å². The first kappa shape index (κ1) is 15.7. The van der Waals surface area contributed by atoms with Crippen LogP contribution >= 0.6 is 0 Å². The molecule has 8 heteroatoms. The lowest BCUT2D eigenvalue weighted by molar-refractivity contribution is -0.121. The van der Waals surface area contributed by atoms with Crippen LogP contribution in [0.1, 0.15) is 18.5 Å². The summed E-state index contributed by atoms with van der Waals surface area (Å²) in [5, 5.41) is 6.36. The second kappa shape index (κ2) is 6.15. The van der Waals surface area contributed by atoms with Crippen molar-refractivity contribution in [2.24, 2.45) is 12.1 Å². The monoisotopic (exact) mass is 327 g/mol. The number of rotatable bonds is 3. The van der Waals surface area contributed by atoms with Gasteiger partial charge in [-0.1, -0.05) is 18.2 Å². The molecule has 2 N–H and O–H groups in total. The first-order valence-corrected chi connectivity index (χ1v) is 7.50. The van der Waals surface area contributed by atoms with Gasteiger partial charge in [-0.25, -0.2) is 10.1 Å². The fraction of sp³-hybridized carbons (Fsp3) is 0.250. The van der Waals surface area contributed by atoms with Crippen LogP contribution in [0.5, 0.6) is 0 Å². The molecule has 1 aliphatic rings. The summed E-state index contributed by atoms with van der Waals surface area (Å²) in [5.41, 5.74) is 3.67. The average molecular weight is 327 g/mol. The van der Waals surface area contributed by atoms with E-state index in [2.05, 4.69) is 15.8 Å². The Balaban J connectivity index is 1.94. The fourth-order valence-corrected chi connectivity index (χ4v) is 2.54. The molecule has 2 aromatic rings. The molecule has 8 nitrogen and oxygen atoms in total. The Kier molecular flexibility index (Phi) is 4.03. The van der Waals surface area contributed by atoms with Crippen molar-refractivity contribution in [3.8, 4) is 5.69 Å². The van der Waals surface area contributed by atoms with Crippen molar-refractivity contribution in [1.29, 1.82) is 0 Å². The van der Waals surface area contributed by atoms with Crippen molar-refractivity contribution in [3.05, 3.63) is 46.4 Å². The van der Waals surface area contributed by atoms with Gasteiger partial charge in [-0.3, -0.25) is 19.1 Å². The van der Waals surface area contributed by atoms with Crippen LogP contribution in [0.3, 0.4) is 0 Å². The fourth-order valence-electron chi connectivity index (χ4n) is 2.54. The highest BCUT2D eigenvalue weighted by Gasteiger charge is 2.22. The van der Waals surface area contributed by atoms with Crippen LogP contribution in [-0.2, 0) is 16.6 Å². The zero-order chi connectivity index (χ0) is 17.3. The highest BCUT2D eigenvalue weighted by molar-refractivity contribution is 6.43. The van der Waals surface area contributed by atoms with Crippen LogP contribution in [0.2, 0.25) is 0 Å². The van der Waals surface area contributed by atoms with Gasteiger partial charge in [0.1, 0.15) is 11.4 Å². The van der Waals surface area contributed by atoms with Crippen molar-refractivity contribution >= 4 is 23.2 Å². The standard InChI is InChI=1S/C16H17N5O3/c1-10-14(17-15(23)12-8-9-13(22)19-18-12)16(24)21(20(10)2)11-6-4-3-5-7-11/h3-7H,8-9H2,1-2H3,(H,17,23)(H,19,22). The second-order valence-electron chi connectivity index (χ2n) is 5.48. The van der Waals surface area contributed by atoms with Crippen LogP contribution < -0.4 is 16.3 Å². The van der Waals surface area contributed by atoms with E-state index in [4.69, 9.17) is 0 Å². The van der Waals surface area contributed by atoms with Crippen LogP contribution in [-0.4, -0.2) is 26.9 Å². The molecule has 2 heterocycles. The molecule has 0 saturated heterocycles. The number of nitrogens with zero attached hydrogens (tertiary/aromatic N) is 3. The predicted molar refractivity (Wildman–Crippen MR) is 89.2 cm³/mol. The highest BCUT2D eigenvalue weighted by Crippen LogP contribution is 2.14. The van der Waals surface area contributed by atoms with E-state index in [-0.39, 0.29) is 35.7 Å². The maximum absolute atomic E-state index is 12.7. The summed E-state index contributed by atoms with van der Waals surface area (Å²) >= 11 is 0. The Morgan fingerprint density at radius 2 is 1.92 bits per heavy atom. The lowest BCUT2D eigenvalue weighted by Gasteiger charge is -2.11. The quantitative estimate of drug-likeness (QED) is 0.868. The van der Waals surface area contributed by atoms with E-state index >= 15 is 0 Å². The molecule has 1 aromatic carbocycles. The first-order valence-electron chi connectivity index (χ1n) is 7.50. The van der Waals surface area contributed by atoms with Gasteiger partial charge in [-0.2, -0.15) is 5.10 Å². The maximum Gasteiger partial charge on any atom is 0.295 e. The third kappa shape index (κ3) is 2.73. The number of amides is 2. The number of carbonyl (C=O) groups is 2. The summed E-state index contributed by atoms with van der Waals surface area (Å²) in [5.74, 6) is -0.713. The second-order valence-corrected chi connectivity index (χ2v) is 5.48. The minimum Gasteiger partial charge on any atom is -0.315 e. The predicted octanol–water partition coefficient (Wildman–Crippen LogP) is 0.689. The number of para-hydroxylation sites is 1. The van der Waals surface area contributed by atoms with Crippen molar-refractivity contribution < 1.29 is 9.59 Å². The number of hydrogen-bond donors (Lipinski definition) is 2. The first-order chi connectivity index (χ1) is 11.5. The Hall–Kier alpha value is -3.16. The van der Waals surface area contributed by atoms with Gasteiger partial charge in [0.25, 0.3) is 11.5 Å². The number of nitrogens with one attached hydrogen (secondary N) is 2. The number of carbonyl (C=O) groups excluding carboxylic acids is 2. The zero-order valence-electron chi connectivity index (χ0n) is 13.4. The summed E-state index contributed by atoms with van der Waals surface area (Å²) in [6, 6.07) is 9.16. The van der Waals surface area contributed by atoms with E-state index in [9.17, 15) is 14.4 Å². The van der Waals surface area contributed by atoms with Crippen LogP contribution in [0.4, 0.5) is 5.69 Å². The molecule has 0 aliphatic carbocycles. The van der Waals surface area contributed by atoms with Crippen molar-refractivity contribution in [2.45, 2.75) is 19.8 Å². The SMILES string of the molecule is Cc1c(NC(=O)C2=NNC(=O)CC2)c(=O)n(-c2ccccc2)n1C. The average Bonchev–Trinajstić information content (AvgIpc) is 2.80. The smallest absolute Gasteiger partial charge is 0.295 e. The molecule has 0 saturated carbocycles. The number of benzene rings is 1.